The largest absolute Gasteiger partial charge is 0.493 e. The Hall–Kier alpha value is -4.09. The van der Waals surface area contributed by atoms with Gasteiger partial charge in [-0.05, 0) is 75.2 Å². The average Bonchev–Trinajstić information content (AvgIpc) is 3.37. The van der Waals surface area contributed by atoms with Gasteiger partial charge < -0.3 is 14.5 Å². The third-order valence-electron chi connectivity index (χ3n) is 7.72. The number of nitrogens with zero attached hydrogens (tertiary/aromatic N) is 5. The SMILES string of the molecule is CCOc1ccccc1-c1ccc(C2(C(=O)N=C3CCN(C)C3)CCN(c3ccc(F)cc3C#N)CC2)cn1. The van der Waals surface area contributed by atoms with Gasteiger partial charge in [-0.15, -0.1) is 0 Å². The number of para-hydroxylation sites is 1. The zero-order valence-electron chi connectivity index (χ0n) is 22.4. The van der Waals surface area contributed by atoms with E-state index >= 15 is 0 Å². The molecule has 0 N–H and O–H groups in total. The van der Waals surface area contributed by atoms with E-state index in [1.54, 1.807) is 12.3 Å². The van der Waals surface area contributed by atoms with Crippen molar-refractivity contribution >= 4 is 17.3 Å². The number of hydrogen-bond donors (Lipinski definition) is 0. The summed E-state index contributed by atoms with van der Waals surface area (Å²) in [5.41, 5.74) is 3.56. The van der Waals surface area contributed by atoms with Gasteiger partial charge in [0.1, 0.15) is 17.6 Å². The number of anilines is 1. The number of piperidine rings is 1. The molecule has 2 aromatic carbocycles. The van der Waals surface area contributed by atoms with Gasteiger partial charge in [0.25, 0.3) is 5.91 Å². The summed E-state index contributed by atoms with van der Waals surface area (Å²) in [7, 11) is 2.03. The van der Waals surface area contributed by atoms with Gasteiger partial charge in [-0.3, -0.25) is 9.78 Å². The Bertz CT molecular complexity index is 1420. The smallest absolute Gasteiger partial charge is 0.256 e. The Morgan fingerprint density at radius 3 is 2.62 bits per heavy atom. The normalized spacial score (nSPS) is 18.2. The van der Waals surface area contributed by atoms with Crippen molar-refractivity contribution in [2.75, 3.05) is 44.7 Å². The summed E-state index contributed by atoms with van der Waals surface area (Å²) in [6, 6.07) is 18.1. The van der Waals surface area contributed by atoms with E-state index in [4.69, 9.17) is 9.72 Å². The van der Waals surface area contributed by atoms with Crippen LogP contribution in [0.2, 0.25) is 0 Å². The molecular weight excluding hydrogens is 493 g/mol. The molecule has 3 aromatic rings. The van der Waals surface area contributed by atoms with Crippen LogP contribution in [0.3, 0.4) is 0 Å². The maximum atomic E-state index is 13.9. The van der Waals surface area contributed by atoms with E-state index < -0.39 is 11.2 Å². The second kappa shape index (κ2) is 11.3. The van der Waals surface area contributed by atoms with Crippen molar-refractivity contribution in [2.45, 2.75) is 31.6 Å². The molecule has 0 aliphatic carbocycles. The molecular formula is C31H32FN5O2. The summed E-state index contributed by atoms with van der Waals surface area (Å²) in [6.07, 6.45) is 3.61. The van der Waals surface area contributed by atoms with E-state index in [0.717, 1.165) is 41.2 Å². The Balaban J connectivity index is 1.47. The fraction of sp³-hybridized carbons (Fsp3) is 0.355. The van der Waals surface area contributed by atoms with Gasteiger partial charge in [0, 0.05) is 43.7 Å². The fourth-order valence-corrected chi connectivity index (χ4v) is 5.56. The Labute approximate surface area is 228 Å². The predicted molar refractivity (Wildman–Crippen MR) is 150 cm³/mol. The Morgan fingerprint density at radius 1 is 1.15 bits per heavy atom. The van der Waals surface area contributed by atoms with Gasteiger partial charge in [-0.25, -0.2) is 9.38 Å². The number of carbonyl (C=O) groups is 1. The van der Waals surface area contributed by atoms with Crippen LogP contribution in [0.5, 0.6) is 5.75 Å². The van der Waals surface area contributed by atoms with Gasteiger partial charge in [-0.2, -0.15) is 5.26 Å². The predicted octanol–water partition coefficient (Wildman–Crippen LogP) is 5.00. The van der Waals surface area contributed by atoms with Crippen LogP contribution in [0, 0.1) is 17.1 Å². The lowest BCUT2D eigenvalue weighted by atomic mass is 9.72. The first-order valence-electron chi connectivity index (χ1n) is 13.4. The summed E-state index contributed by atoms with van der Waals surface area (Å²) < 4.78 is 19.5. The Kier molecular flexibility index (Phi) is 7.71. The van der Waals surface area contributed by atoms with E-state index in [-0.39, 0.29) is 5.91 Å². The number of amides is 1. The van der Waals surface area contributed by atoms with Crippen molar-refractivity contribution < 1.29 is 13.9 Å². The van der Waals surface area contributed by atoms with Crippen LogP contribution in [0.4, 0.5) is 10.1 Å². The standard InChI is InChI=1S/C31H32FN5O2/c1-3-39-29-7-5-4-6-26(29)27-10-8-23(20-34-27)31(30(38)35-25-12-15-36(2)21-25)13-16-37(17-14-31)28-11-9-24(32)18-22(28)19-33/h4-11,18,20H,3,12-17,21H2,1-2H3. The number of benzene rings is 2. The number of halogens is 1. The molecule has 0 atom stereocenters. The number of ether oxygens (including phenoxy) is 1. The summed E-state index contributed by atoms with van der Waals surface area (Å²) in [6.45, 7) is 5.16. The molecule has 0 bridgehead atoms. The molecule has 2 saturated heterocycles. The quantitative estimate of drug-likeness (QED) is 0.451. The molecule has 8 heteroatoms. The lowest BCUT2D eigenvalue weighted by Crippen LogP contribution is -2.47. The number of pyridine rings is 1. The summed E-state index contributed by atoms with van der Waals surface area (Å²) in [5.74, 6) is 0.186. The van der Waals surface area contributed by atoms with Gasteiger partial charge in [-0.1, -0.05) is 18.2 Å². The molecule has 0 radical (unpaired) electrons. The van der Waals surface area contributed by atoms with Gasteiger partial charge in [0.2, 0.25) is 0 Å². The van der Waals surface area contributed by atoms with Gasteiger partial charge in [0.05, 0.1) is 29.0 Å². The van der Waals surface area contributed by atoms with E-state index in [2.05, 4.69) is 20.9 Å². The molecule has 200 valence electrons. The van der Waals surface area contributed by atoms with Crippen molar-refractivity contribution in [3.63, 3.8) is 0 Å². The average molecular weight is 526 g/mol. The molecule has 7 nitrogen and oxygen atoms in total. The van der Waals surface area contributed by atoms with Crippen LogP contribution < -0.4 is 9.64 Å². The van der Waals surface area contributed by atoms with E-state index in [9.17, 15) is 14.4 Å². The highest BCUT2D eigenvalue weighted by Crippen LogP contribution is 2.40. The van der Waals surface area contributed by atoms with Crippen LogP contribution in [0.1, 0.15) is 37.3 Å². The topological polar surface area (TPSA) is 81.8 Å². The van der Waals surface area contributed by atoms with E-state index in [0.29, 0.717) is 50.3 Å². The van der Waals surface area contributed by atoms with Crippen LogP contribution >= 0.6 is 0 Å². The third kappa shape index (κ3) is 5.41. The number of nitriles is 1. The highest BCUT2D eigenvalue weighted by Gasteiger charge is 2.44. The number of likely N-dealkylation sites (tertiary alicyclic amines) is 1. The molecule has 0 saturated carbocycles. The summed E-state index contributed by atoms with van der Waals surface area (Å²) in [4.78, 5) is 27.5. The minimum absolute atomic E-state index is 0.142. The van der Waals surface area contributed by atoms with Crippen LogP contribution in [-0.2, 0) is 10.2 Å². The van der Waals surface area contributed by atoms with Crippen molar-refractivity contribution in [1.29, 1.82) is 5.26 Å². The summed E-state index contributed by atoms with van der Waals surface area (Å²) in [5, 5.41) is 9.56. The highest BCUT2D eigenvalue weighted by atomic mass is 19.1. The number of hydrogen-bond acceptors (Lipinski definition) is 6. The monoisotopic (exact) mass is 525 g/mol. The molecule has 0 unspecified atom stereocenters. The maximum absolute atomic E-state index is 13.9. The minimum Gasteiger partial charge on any atom is -0.493 e. The molecule has 5 rings (SSSR count). The van der Waals surface area contributed by atoms with Crippen molar-refractivity contribution in [2.24, 2.45) is 4.99 Å². The minimum atomic E-state index is -0.831. The lowest BCUT2D eigenvalue weighted by Gasteiger charge is -2.41. The first kappa shape index (κ1) is 26.5. The van der Waals surface area contributed by atoms with E-state index in [1.807, 2.05) is 50.4 Å². The Morgan fingerprint density at radius 2 is 1.95 bits per heavy atom. The van der Waals surface area contributed by atoms with Crippen LogP contribution in [-0.4, -0.2) is 61.3 Å². The zero-order chi connectivity index (χ0) is 27.4. The third-order valence-corrected chi connectivity index (χ3v) is 7.72. The van der Waals surface area contributed by atoms with Crippen molar-refractivity contribution in [1.82, 2.24) is 9.88 Å². The first-order valence-corrected chi connectivity index (χ1v) is 13.4. The fourth-order valence-electron chi connectivity index (χ4n) is 5.56. The van der Waals surface area contributed by atoms with Crippen molar-refractivity contribution in [3.8, 4) is 23.1 Å². The molecule has 1 amide bonds. The zero-order valence-corrected chi connectivity index (χ0v) is 22.4. The number of rotatable bonds is 6. The molecule has 0 spiro atoms. The number of aliphatic imine (C=N–C) groups is 1. The molecule has 39 heavy (non-hydrogen) atoms. The van der Waals surface area contributed by atoms with Crippen molar-refractivity contribution in [3.05, 3.63) is 77.7 Å². The van der Waals surface area contributed by atoms with Gasteiger partial charge >= 0.3 is 0 Å². The number of aromatic nitrogens is 1. The first-order chi connectivity index (χ1) is 18.9. The molecule has 2 aliphatic rings. The summed E-state index contributed by atoms with van der Waals surface area (Å²) >= 11 is 0. The second-order valence-corrected chi connectivity index (χ2v) is 10.2. The second-order valence-electron chi connectivity index (χ2n) is 10.2. The maximum Gasteiger partial charge on any atom is 0.256 e. The van der Waals surface area contributed by atoms with Gasteiger partial charge in [0.15, 0.2) is 0 Å². The van der Waals surface area contributed by atoms with Crippen LogP contribution in [0.15, 0.2) is 65.8 Å². The number of carbonyl (C=O) groups excluding carboxylic acids is 1. The highest BCUT2D eigenvalue weighted by molar-refractivity contribution is 6.02. The van der Waals surface area contributed by atoms with Crippen LogP contribution in [0.25, 0.3) is 11.3 Å². The van der Waals surface area contributed by atoms with E-state index in [1.165, 1.54) is 12.1 Å². The lowest BCUT2D eigenvalue weighted by molar-refractivity contribution is -0.124. The molecule has 2 fully saturated rings. The molecule has 2 aliphatic heterocycles. The molecule has 1 aromatic heterocycles. The molecule has 3 heterocycles.